The second kappa shape index (κ2) is 10.4. The molecule has 0 saturated heterocycles. The molecule has 0 bridgehead atoms. The van der Waals surface area contributed by atoms with Gasteiger partial charge in [0, 0.05) is 1.43 Å². The summed E-state index contributed by atoms with van der Waals surface area (Å²) in [5, 5.41) is 15.1. The van der Waals surface area contributed by atoms with E-state index in [1.807, 2.05) is 30.3 Å². The number of hydrogen-bond acceptors (Lipinski definition) is 7. The Morgan fingerprint density at radius 2 is 1.87 bits per heavy atom. The topological polar surface area (TPSA) is 99.0 Å². The van der Waals surface area contributed by atoms with E-state index in [2.05, 4.69) is 20.8 Å². The third kappa shape index (κ3) is 5.94. The number of alkyl carbamates (subject to hydrolysis) is 1. The number of ketones is 1. The maximum Gasteiger partial charge on any atom is 0.408 e. The molecule has 11 heteroatoms. The number of hydrogen-bond donors (Lipinski definition) is 1. The zero-order valence-corrected chi connectivity index (χ0v) is 18.1. The molecule has 1 amide bonds. The van der Waals surface area contributed by atoms with E-state index in [-0.39, 0.29) is 20.4 Å². The number of Topliss-reactive ketones (excluding diaryl/α,β-unsaturated/α-hetero) is 1. The average Bonchev–Trinajstić information content (AvgIpc) is 3.16. The number of nitrogens with zero attached hydrogens (tertiary/aromatic N) is 4. The Labute approximate surface area is 188 Å². The van der Waals surface area contributed by atoms with Crippen LogP contribution in [0.2, 0.25) is 10.0 Å². The van der Waals surface area contributed by atoms with Crippen LogP contribution in [-0.4, -0.2) is 38.1 Å². The third-order valence-corrected chi connectivity index (χ3v) is 5.92. The van der Waals surface area contributed by atoms with Crippen molar-refractivity contribution in [1.82, 2.24) is 25.5 Å². The van der Waals surface area contributed by atoms with E-state index in [1.165, 1.54) is 4.68 Å². The molecule has 0 aliphatic rings. The minimum atomic E-state index is -0.792. The lowest BCUT2D eigenvalue weighted by Gasteiger charge is -2.13. The van der Waals surface area contributed by atoms with Crippen LogP contribution in [0.1, 0.15) is 13.9 Å². The van der Waals surface area contributed by atoms with Gasteiger partial charge in [0.1, 0.15) is 13.2 Å². The molecule has 0 saturated carbocycles. The first-order valence-electron chi connectivity index (χ1n) is 8.82. The molecule has 0 radical (unpaired) electrons. The van der Waals surface area contributed by atoms with Gasteiger partial charge >= 0.3 is 6.09 Å². The van der Waals surface area contributed by atoms with Crippen LogP contribution in [0.4, 0.5) is 4.79 Å². The Bertz CT molecular complexity index is 1020. The smallest absolute Gasteiger partial charge is 0.408 e. The van der Waals surface area contributed by atoms with Crippen molar-refractivity contribution >= 4 is 46.8 Å². The highest BCUT2D eigenvalue weighted by Gasteiger charge is 2.20. The molecule has 1 atom stereocenters. The summed E-state index contributed by atoms with van der Waals surface area (Å²) in [6.45, 7) is 1.53. The number of tetrazole rings is 1. The van der Waals surface area contributed by atoms with Gasteiger partial charge in [-0.15, -0.1) is 5.10 Å². The summed E-state index contributed by atoms with van der Waals surface area (Å²) in [6.07, 6.45) is -0.686. The van der Waals surface area contributed by atoms with Gasteiger partial charge in [0.25, 0.3) is 0 Å². The fraction of sp³-hybridized carbons (Fsp3) is 0.211. The molecule has 1 heterocycles. The number of carbonyl (C=O) groups is 2. The van der Waals surface area contributed by atoms with Gasteiger partial charge in [0.15, 0.2) is 5.78 Å². The lowest BCUT2D eigenvalue weighted by atomic mass is 10.2. The molecule has 1 N–H and O–H groups in total. The predicted octanol–water partition coefficient (Wildman–Crippen LogP) is 4.26. The lowest BCUT2D eigenvalue weighted by Crippen LogP contribution is -2.40. The van der Waals surface area contributed by atoms with Gasteiger partial charge < -0.3 is 10.1 Å². The van der Waals surface area contributed by atoms with Gasteiger partial charge in [0.05, 0.1) is 21.0 Å². The molecule has 1 aromatic heterocycles. The summed E-state index contributed by atoms with van der Waals surface area (Å²) in [6, 6.07) is 13.6. The highest BCUT2D eigenvalue weighted by Crippen LogP contribution is 2.37. The monoisotopic (exact) mass is 467 g/mol. The van der Waals surface area contributed by atoms with Crippen LogP contribution in [0, 0.1) is 0 Å². The number of carbonyl (C=O) groups excluding carboxylic acids is 2. The Kier molecular flexibility index (Phi) is 7.67. The Balaban J connectivity index is 0.00000341. The van der Waals surface area contributed by atoms with Crippen LogP contribution in [0.3, 0.4) is 0 Å². The molecule has 3 aromatic rings. The Hall–Kier alpha value is -2.62. The van der Waals surface area contributed by atoms with Crippen molar-refractivity contribution in [3.63, 3.8) is 0 Å². The van der Waals surface area contributed by atoms with Crippen molar-refractivity contribution in [1.29, 1.82) is 0 Å². The second-order valence-corrected chi connectivity index (χ2v) is 7.96. The van der Waals surface area contributed by atoms with Crippen LogP contribution in [0.25, 0.3) is 0 Å². The van der Waals surface area contributed by atoms with Crippen molar-refractivity contribution in [3.05, 3.63) is 64.1 Å². The van der Waals surface area contributed by atoms with Crippen LogP contribution in [-0.2, 0) is 22.7 Å². The van der Waals surface area contributed by atoms with E-state index in [0.717, 1.165) is 17.3 Å². The molecule has 8 nitrogen and oxygen atoms in total. The van der Waals surface area contributed by atoms with Crippen molar-refractivity contribution in [2.24, 2.45) is 0 Å². The van der Waals surface area contributed by atoms with Crippen molar-refractivity contribution < 1.29 is 15.8 Å². The molecule has 2 aromatic carbocycles. The summed E-state index contributed by atoms with van der Waals surface area (Å²) in [5.74, 6) is -0.300. The molecule has 1 unspecified atom stereocenters. The molecular weight excluding hydrogens is 449 g/mol. The molecular formula is C19H19Cl2N5O3S. The van der Waals surface area contributed by atoms with E-state index in [4.69, 9.17) is 27.9 Å². The number of ether oxygens (including phenoxy) is 1. The predicted molar refractivity (Wildman–Crippen MR) is 115 cm³/mol. The van der Waals surface area contributed by atoms with Gasteiger partial charge in [0.2, 0.25) is 5.16 Å². The lowest BCUT2D eigenvalue weighted by molar-refractivity contribution is -0.121. The quantitative estimate of drug-likeness (QED) is 0.527. The van der Waals surface area contributed by atoms with Gasteiger partial charge in [-0.25, -0.2) is 9.48 Å². The van der Waals surface area contributed by atoms with E-state index >= 15 is 0 Å². The minimum absolute atomic E-state index is 0. The molecule has 0 aliphatic carbocycles. The summed E-state index contributed by atoms with van der Waals surface area (Å²) in [4.78, 5) is 25.0. The average molecular weight is 468 g/mol. The van der Waals surface area contributed by atoms with Crippen molar-refractivity contribution in [2.75, 3.05) is 0 Å². The molecule has 3 rings (SSSR count). The van der Waals surface area contributed by atoms with E-state index < -0.39 is 12.1 Å². The highest BCUT2D eigenvalue weighted by molar-refractivity contribution is 7.99. The summed E-state index contributed by atoms with van der Waals surface area (Å²) in [7, 11) is 0. The molecule has 0 aliphatic heterocycles. The van der Waals surface area contributed by atoms with E-state index in [1.54, 1.807) is 25.1 Å². The minimum Gasteiger partial charge on any atom is -0.445 e. The summed E-state index contributed by atoms with van der Waals surface area (Å²) in [5.41, 5.74) is 0.847. The van der Waals surface area contributed by atoms with Crippen LogP contribution < -0.4 is 5.32 Å². The van der Waals surface area contributed by atoms with Crippen LogP contribution in [0.15, 0.2) is 58.6 Å². The number of amides is 1. The SMILES string of the molecule is CC(NC(=O)OCc1ccccc1)C(=O)Cn1nnnc1Sc1c(Cl)cccc1Cl.[HH]. The number of halogens is 2. The van der Waals surface area contributed by atoms with Gasteiger partial charge in [-0.05, 0) is 46.8 Å². The Morgan fingerprint density at radius 1 is 1.17 bits per heavy atom. The van der Waals surface area contributed by atoms with Gasteiger partial charge in [-0.1, -0.05) is 59.6 Å². The zero-order valence-electron chi connectivity index (χ0n) is 15.8. The van der Waals surface area contributed by atoms with Crippen LogP contribution in [0.5, 0.6) is 0 Å². The zero-order chi connectivity index (χ0) is 21.5. The summed E-state index contributed by atoms with van der Waals surface area (Å²) >= 11 is 13.5. The van der Waals surface area contributed by atoms with E-state index in [0.29, 0.717) is 20.1 Å². The molecule has 30 heavy (non-hydrogen) atoms. The molecule has 158 valence electrons. The first-order valence-corrected chi connectivity index (χ1v) is 10.4. The van der Waals surface area contributed by atoms with Crippen molar-refractivity contribution in [2.45, 2.75) is 36.2 Å². The summed E-state index contributed by atoms with van der Waals surface area (Å²) < 4.78 is 6.45. The van der Waals surface area contributed by atoms with Gasteiger partial charge in [-0.2, -0.15) is 0 Å². The normalized spacial score (nSPS) is 11.7. The largest absolute Gasteiger partial charge is 0.445 e. The number of aromatic nitrogens is 4. The number of nitrogens with one attached hydrogen (secondary N) is 1. The third-order valence-electron chi connectivity index (χ3n) is 3.95. The second-order valence-electron chi connectivity index (χ2n) is 6.17. The number of benzene rings is 2. The molecule has 0 fully saturated rings. The fourth-order valence-corrected chi connectivity index (χ4v) is 3.77. The van der Waals surface area contributed by atoms with Crippen molar-refractivity contribution in [3.8, 4) is 0 Å². The first kappa shape index (κ1) is 22.1. The molecule has 0 spiro atoms. The van der Waals surface area contributed by atoms with Crippen LogP contribution >= 0.6 is 35.0 Å². The highest BCUT2D eigenvalue weighted by atomic mass is 35.5. The van der Waals surface area contributed by atoms with E-state index in [9.17, 15) is 9.59 Å². The maximum atomic E-state index is 12.5. The first-order chi connectivity index (χ1) is 14.4. The number of rotatable bonds is 8. The maximum absolute atomic E-state index is 12.5. The fourth-order valence-electron chi connectivity index (χ4n) is 2.35. The standard InChI is InChI=1S/C19H17Cl2N5O3S.H2/c1-12(22-19(28)29-11-13-6-3-2-4-7-13)16(27)10-26-18(23-24-25-26)30-17-14(20)8-5-9-15(17)21;/h2-9,12H,10-11H2,1H3,(H,22,28);1H. The Morgan fingerprint density at radius 3 is 2.57 bits per heavy atom. The van der Waals surface area contributed by atoms with Gasteiger partial charge in [-0.3, -0.25) is 4.79 Å².